The summed E-state index contributed by atoms with van der Waals surface area (Å²) in [6.45, 7) is 1.97. The summed E-state index contributed by atoms with van der Waals surface area (Å²) in [5, 5.41) is 12.8. The SMILES string of the molecule is Oc1c2ccccc2cn1C1CCN(c2ccc(C(c3ccccc3)c3ccccc3)cc2)CC1. The lowest BCUT2D eigenvalue weighted by Crippen LogP contribution is -2.34. The first-order valence-corrected chi connectivity index (χ1v) is 12.5. The predicted molar refractivity (Wildman–Crippen MR) is 144 cm³/mol. The third-order valence-corrected chi connectivity index (χ3v) is 7.44. The number of hydrogen-bond donors (Lipinski definition) is 1. The van der Waals surface area contributed by atoms with E-state index in [4.69, 9.17) is 0 Å². The number of benzene rings is 4. The standard InChI is InChI=1S/C32H30N2O/c35-32-30-14-8-7-13-27(30)23-34(32)29-19-21-33(22-20-29)28-17-15-26(16-18-28)31(24-9-3-1-4-10-24)25-11-5-2-6-12-25/h1-18,23,29,31,35H,19-22H2. The van der Waals surface area contributed by atoms with E-state index < -0.39 is 0 Å². The molecule has 0 radical (unpaired) electrons. The Morgan fingerprint density at radius 3 is 1.77 bits per heavy atom. The number of anilines is 1. The van der Waals surface area contributed by atoms with E-state index in [1.807, 2.05) is 18.2 Å². The molecule has 5 aromatic rings. The van der Waals surface area contributed by atoms with Gasteiger partial charge in [0.25, 0.3) is 0 Å². The maximum Gasteiger partial charge on any atom is 0.199 e. The molecular weight excluding hydrogens is 428 g/mol. The van der Waals surface area contributed by atoms with E-state index in [0.717, 1.165) is 36.7 Å². The molecule has 0 saturated carbocycles. The third-order valence-electron chi connectivity index (χ3n) is 7.44. The van der Waals surface area contributed by atoms with Gasteiger partial charge < -0.3 is 14.6 Å². The van der Waals surface area contributed by atoms with Crippen LogP contribution in [0.4, 0.5) is 5.69 Å². The highest BCUT2D eigenvalue weighted by molar-refractivity contribution is 5.87. The smallest absolute Gasteiger partial charge is 0.199 e. The van der Waals surface area contributed by atoms with E-state index in [0.29, 0.717) is 11.9 Å². The van der Waals surface area contributed by atoms with Crippen molar-refractivity contribution in [1.29, 1.82) is 0 Å². The monoisotopic (exact) mass is 458 g/mol. The third kappa shape index (κ3) is 4.19. The van der Waals surface area contributed by atoms with E-state index in [1.165, 1.54) is 22.4 Å². The Morgan fingerprint density at radius 1 is 0.629 bits per heavy atom. The van der Waals surface area contributed by atoms with Crippen LogP contribution in [-0.4, -0.2) is 22.8 Å². The average Bonchev–Trinajstić information content (AvgIpc) is 3.27. The van der Waals surface area contributed by atoms with E-state index in [9.17, 15) is 5.11 Å². The van der Waals surface area contributed by atoms with Crippen LogP contribution in [0.2, 0.25) is 0 Å². The van der Waals surface area contributed by atoms with Crippen LogP contribution in [0.25, 0.3) is 10.8 Å². The Bertz CT molecular complexity index is 1360. The number of hydrogen-bond acceptors (Lipinski definition) is 2. The first-order valence-electron chi connectivity index (χ1n) is 12.5. The topological polar surface area (TPSA) is 28.4 Å². The molecule has 1 N–H and O–H groups in total. The molecule has 0 unspecified atom stereocenters. The van der Waals surface area contributed by atoms with Crippen molar-refractivity contribution >= 4 is 16.5 Å². The fourth-order valence-electron chi connectivity index (χ4n) is 5.59. The van der Waals surface area contributed by atoms with E-state index in [-0.39, 0.29) is 5.92 Å². The Morgan fingerprint density at radius 2 is 1.17 bits per heavy atom. The zero-order chi connectivity index (χ0) is 23.6. The maximum absolute atomic E-state index is 10.7. The van der Waals surface area contributed by atoms with Gasteiger partial charge in [-0.3, -0.25) is 0 Å². The van der Waals surface area contributed by atoms with Gasteiger partial charge >= 0.3 is 0 Å². The molecule has 0 bridgehead atoms. The summed E-state index contributed by atoms with van der Waals surface area (Å²) in [4.78, 5) is 2.47. The van der Waals surface area contributed by atoms with Crippen LogP contribution in [0.5, 0.6) is 5.88 Å². The molecule has 4 aromatic carbocycles. The van der Waals surface area contributed by atoms with E-state index in [1.54, 1.807) is 0 Å². The normalized spacial score (nSPS) is 14.6. The molecule has 0 aliphatic carbocycles. The largest absolute Gasteiger partial charge is 0.494 e. The fourth-order valence-corrected chi connectivity index (χ4v) is 5.59. The van der Waals surface area contributed by atoms with E-state index >= 15 is 0 Å². The van der Waals surface area contributed by atoms with Crippen molar-refractivity contribution in [2.45, 2.75) is 24.8 Å². The molecule has 0 spiro atoms. The highest BCUT2D eigenvalue weighted by Gasteiger charge is 2.24. The van der Waals surface area contributed by atoms with Crippen LogP contribution >= 0.6 is 0 Å². The number of fused-ring (bicyclic) bond motifs is 1. The number of piperidine rings is 1. The summed E-state index contributed by atoms with van der Waals surface area (Å²) < 4.78 is 2.08. The van der Waals surface area contributed by atoms with Crippen LogP contribution in [0.3, 0.4) is 0 Å². The highest BCUT2D eigenvalue weighted by atomic mass is 16.3. The van der Waals surface area contributed by atoms with Crippen molar-refractivity contribution in [2.24, 2.45) is 0 Å². The number of aromatic nitrogens is 1. The van der Waals surface area contributed by atoms with Crippen molar-refractivity contribution in [3.8, 4) is 5.88 Å². The molecule has 1 saturated heterocycles. The molecule has 1 fully saturated rings. The van der Waals surface area contributed by atoms with Gasteiger partial charge in [0.15, 0.2) is 5.88 Å². The molecule has 6 rings (SSSR count). The van der Waals surface area contributed by atoms with Gasteiger partial charge in [0.05, 0.1) is 0 Å². The zero-order valence-electron chi connectivity index (χ0n) is 19.8. The molecule has 35 heavy (non-hydrogen) atoms. The van der Waals surface area contributed by atoms with Gasteiger partial charge in [0.2, 0.25) is 0 Å². The van der Waals surface area contributed by atoms with Gasteiger partial charge in [0, 0.05) is 47.7 Å². The number of nitrogens with zero attached hydrogens (tertiary/aromatic N) is 2. The van der Waals surface area contributed by atoms with Crippen LogP contribution in [0, 0.1) is 0 Å². The first-order chi connectivity index (χ1) is 17.3. The maximum atomic E-state index is 10.7. The second-order valence-corrected chi connectivity index (χ2v) is 9.51. The van der Waals surface area contributed by atoms with Crippen LogP contribution in [0.15, 0.2) is 115 Å². The summed E-state index contributed by atoms with van der Waals surface area (Å²) in [7, 11) is 0. The fraction of sp³-hybridized carbons (Fsp3) is 0.188. The Labute approximate surface area is 206 Å². The van der Waals surface area contributed by atoms with Crippen molar-refractivity contribution in [3.05, 3.63) is 132 Å². The molecule has 1 aromatic heterocycles. The molecule has 3 heteroatoms. The molecule has 1 aliphatic heterocycles. The second kappa shape index (κ2) is 9.34. The van der Waals surface area contributed by atoms with E-state index in [2.05, 4.69) is 107 Å². The van der Waals surface area contributed by atoms with Gasteiger partial charge in [-0.2, -0.15) is 0 Å². The van der Waals surface area contributed by atoms with Crippen molar-refractivity contribution in [3.63, 3.8) is 0 Å². The number of rotatable bonds is 5. The van der Waals surface area contributed by atoms with Crippen LogP contribution in [-0.2, 0) is 0 Å². The van der Waals surface area contributed by atoms with Gasteiger partial charge in [-0.05, 0) is 47.7 Å². The lowest BCUT2D eigenvalue weighted by Gasteiger charge is -2.34. The average molecular weight is 459 g/mol. The van der Waals surface area contributed by atoms with Crippen molar-refractivity contribution < 1.29 is 5.11 Å². The van der Waals surface area contributed by atoms with Gasteiger partial charge in [0.1, 0.15) is 0 Å². The Hall–Kier alpha value is -3.98. The van der Waals surface area contributed by atoms with Crippen molar-refractivity contribution in [1.82, 2.24) is 4.57 Å². The summed E-state index contributed by atoms with van der Waals surface area (Å²) >= 11 is 0. The minimum absolute atomic E-state index is 0.225. The summed E-state index contributed by atoms with van der Waals surface area (Å²) in [6, 6.07) is 39.0. The minimum atomic E-state index is 0.225. The van der Waals surface area contributed by atoms with Gasteiger partial charge in [-0.1, -0.05) is 91.0 Å². The Balaban J connectivity index is 1.20. The van der Waals surface area contributed by atoms with Crippen molar-refractivity contribution in [2.75, 3.05) is 18.0 Å². The molecule has 1 aliphatic rings. The molecule has 0 amide bonds. The van der Waals surface area contributed by atoms with Crippen LogP contribution in [0.1, 0.15) is 41.5 Å². The Kier molecular flexibility index (Phi) is 5.75. The molecule has 2 heterocycles. The second-order valence-electron chi connectivity index (χ2n) is 9.51. The lowest BCUT2D eigenvalue weighted by molar-refractivity contribution is 0.342. The quantitative estimate of drug-likeness (QED) is 0.279. The highest BCUT2D eigenvalue weighted by Crippen LogP contribution is 2.36. The first kappa shape index (κ1) is 21.5. The summed E-state index contributed by atoms with van der Waals surface area (Å²) in [6.07, 6.45) is 4.15. The summed E-state index contributed by atoms with van der Waals surface area (Å²) in [5.74, 6) is 0.624. The zero-order valence-corrected chi connectivity index (χ0v) is 19.8. The summed E-state index contributed by atoms with van der Waals surface area (Å²) in [5.41, 5.74) is 5.20. The lowest BCUT2D eigenvalue weighted by atomic mass is 9.85. The molecule has 0 atom stereocenters. The van der Waals surface area contributed by atoms with Gasteiger partial charge in [-0.15, -0.1) is 0 Å². The molecule has 174 valence electrons. The predicted octanol–water partition coefficient (Wildman–Crippen LogP) is 7.37. The molecular formula is C32H30N2O. The minimum Gasteiger partial charge on any atom is -0.494 e. The number of aromatic hydroxyl groups is 1. The van der Waals surface area contributed by atoms with Gasteiger partial charge in [-0.25, -0.2) is 0 Å². The van der Waals surface area contributed by atoms with Crippen LogP contribution < -0.4 is 4.90 Å². The molecule has 3 nitrogen and oxygen atoms in total.